The minimum atomic E-state index is -0.533. The molecule has 1 unspecified atom stereocenters. The van der Waals surface area contributed by atoms with Gasteiger partial charge in [0.15, 0.2) is 0 Å². The number of nitrogens with one attached hydrogen (secondary N) is 1. The first-order valence-electron chi connectivity index (χ1n) is 7.30. The molecular formula is C16H22N2O2. The van der Waals surface area contributed by atoms with Crippen LogP contribution in [0.5, 0.6) is 0 Å². The standard InChI is InChI=1S/C16H22N2O2/c1-3-14-6-4-5-11-18(14)16(20)15(19)17-13-9-7-12(2)8-10-13/h7-10,14H,3-6,11H2,1-2H3,(H,17,19). The van der Waals surface area contributed by atoms with Crippen LogP contribution in [0.25, 0.3) is 0 Å². The molecule has 1 atom stereocenters. The summed E-state index contributed by atoms with van der Waals surface area (Å²) in [6.45, 7) is 4.74. The summed E-state index contributed by atoms with van der Waals surface area (Å²) in [4.78, 5) is 26.0. The molecule has 1 aliphatic heterocycles. The van der Waals surface area contributed by atoms with E-state index in [4.69, 9.17) is 0 Å². The van der Waals surface area contributed by atoms with Gasteiger partial charge in [-0.25, -0.2) is 0 Å². The number of aryl methyl sites for hydroxylation is 1. The first-order valence-corrected chi connectivity index (χ1v) is 7.30. The van der Waals surface area contributed by atoms with Crippen molar-refractivity contribution in [1.82, 2.24) is 4.90 Å². The quantitative estimate of drug-likeness (QED) is 0.843. The minimum absolute atomic E-state index is 0.208. The number of piperidine rings is 1. The summed E-state index contributed by atoms with van der Waals surface area (Å²) in [5.41, 5.74) is 1.79. The molecule has 1 saturated heterocycles. The summed E-state index contributed by atoms with van der Waals surface area (Å²) in [5, 5.41) is 2.68. The summed E-state index contributed by atoms with van der Waals surface area (Å²) in [6, 6.07) is 7.66. The van der Waals surface area contributed by atoms with Gasteiger partial charge in [0.25, 0.3) is 0 Å². The predicted octanol–water partition coefficient (Wildman–Crippen LogP) is 2.72. The zero-order valence-electron chi connectivity index (χ0n) is 12.2. The van der Waals surface area contributed by atoms with Crippen molar-refractivity contribution < 1.29 is 9.59 Å². The van der Waals surface area contributed by atoms with Crippen molar-refractivity contribution in [1.29, 1.82) is 0 Å². The van der Waals surface area contributed by atoms with Crippen LogP contribution >= 0.6 is 0 Å². The van der Waals surface area contributed by atoms with Gasteiger partial charge in [-0.05, 0) is 44.7 Å². The molecule has 2 rings (SSSR count). The van der Waals surface area contributed by atoms with Crippen LogP contribution in [0.15, 0.2) is 24.3 Å². The normalized spacial score (nSPS) is 18.7. The van der Waals surface area contributed by atoms with Gasteiger partial charge in [0.2, 0.25) is 0 Å². The van der Waals surface area contributed by atoms with E-state index in [1.54, 1.807) is 4.90 Å². The average Bonchev–Trinajstić information content (AvgIpc) is 2.48. The molecule has 1 N–H and O–H groups in total. The van der Waals surface area contributed by atoms with Gasteiger partial charge in [0, 0.05) is 18.3 Å². The highest BCUT2D eigenvalue weighted by molar-refractivity contribution is 6.39. The summed E-state index contributed by atoms with van der Waals surface area (Å²) in [5.74, 6) is -0.939. The Kier molecular flexibility index (Phi) is 4.77. The molecule has 1 heterocycles. The fraction of sp³-hybridized carbons (Fsp3) is 0.500. The van der Waals surface area contributed by atoms with Crippen molar-refractivity contribution in [2.75, 3.05) is 11.9 Å². The van der Waals surface area contributed by atoms with Crippen molar-refractivity contribution in [3.05, 3.63) is 29.8 Å². The summed E-state index contributed by atoms with van der Waals surface area (Å²) >= 11 is 0. The number of hydrogen-bond acceptors (Lipinski definition) is 2. The van der Waals surface area contributed by atoms with E-state index in [9.17, 15) is 9.59 Å². The van der Waals surface area contributed by atoms with Gasteiger partial charge in [-0.15, -0.1) is 0 Å². The van der Waals surface area contributed by atoms with E-state index in [0.29, 0.717) is 12.2 Å². The summed E-state index contributed by atoms with van der Waals surface area (Å²) in [7, 11) is 0. The Bertz CT molecular complexity index is 482. The van der Waals surface area contributed by atoms with Crippen LogP contribution in [0.4, 0.5) is 5.69 Å². The average molecular weight is 274 g/mol. The van der Waals surface area contributed by atoms with Crippen LogP contribution in [-0.4, -0.2) is 29.3 Å². The monoisotopic (exact) mass is 274 g/mol. The van der Waals surface area contributed by atoms with E-state index in [0.717, 1.165) is 31.2 Å². The number of benzene rings is 1. The summed E-state index contributed by atoms with van der Waals surface area (Å²) < 4.78 is 0. The molecule has 0 bridgehead atoms. The highest BCUT2D eigenvalue weighted by atomic mass is 16.2. The number of amides is 2. The van der Waals surface area contributed by atoms with Crippen molar-refractivity contribution in [3.8, 4) is 0 Å². The third-order valence-corrected chi connectivity index (χ3v) is 3.86. The topological polar surface area (TPSA) is 49.4 Å². The largest absolute Gasteiger partial charge is 0.331 e. The number of rotatable bonds is 2. The molecule has 108 valence electrons. The molecule has 4 nitrogen and oxygen atoms in total. The van der Waals surface area contributed by atoms with E-state index in [1.807, 2.05) is 31.2 Å². The van der Waals surface area contributed by atoms with Crippen molar-refractivity contribution in [2.24, 2.45) is 0 Å². The molecule has 0 saturated carbocycles. The Balaban J connectivity index is 2.00. The lowest BCUT2D eigenvalue weighted by Gasteiger charge is -2.34. The van der Waals surface area contributed by atoms with Crippen LogP contribution in [0, 0.1) is 6.92 Å². The predicted molar refractivity (Wildman–Crippen MR) is 79.5 cm³/mol. The van der Waals surface area contributed by atoms with E-state index in [1.165, 1.54) is 0 Å². The third kappa shape index (κ3) is 3.38. The number of likely N-dealkylation sites (tertiary alicyclic amines) is 1. The van der Waals surface area contributed by atoms with Crippen LogP contribution in [0.1, 0.15) is 38.2 Å². The Morgan fingerprint density at radius 1 is 1.25 bits per heavy atom. The van der Waals surface area contributed by atoms with E-state index in [-0.39, 0.29) is 6.04 Å². The number of anilines is 1. The first-order chi connectivity index (χ1) is 9.61. The number of carbonyl (C=O) groups excluding carboxylic acids is 2. The maximum Gasteiger partial charge on any atom is 0.313 e. The van der Waals surface area contributed by atoms with Crippen molar-refractivity contribution in [2.45, 2.75) is 45.6 Å². The zero-order valence-corrected chi connectivity index (χ0v) is 12.2. The van der Waals surface area contributed by atoms with Gasteiger partial charge in [-0.3, -0.25) is 9.59 Å². The third-order valence-electron chi connectivity index (χ3n) is 3.86. The SMILES string of the molecule is CCC1CCCCN1C(=O)C(=O)Nc1ccc(C)cc1. The van der Waals surface area contributed by atoms with Gasteiger partial charge in [0.05, 0.1) is 0 Å². The van der Waals surface area contributed by atoms with E-state index >= 15 is 0 Å². The van der Waals surface area contributed by atoms with Gasteiger partial charge in [-0.1, -0.05) is 24.6 Å². The lowest BCUT2D eigenvalue weighted by molar-refractivity contribution is -0.145. The minimum Gasteiger partial charge on any atom is -0.331 e. The number of hydrogen-bond donors (Lipinski definition) is 1. The molecule has 2 amide bonds. The van der Waals surface area contributed by atoms with Crippen molar-refractivity contribution >= 4 is 17.5 Å². The fourth-order valence-corrected chi connectivity index (χ4v) is 2.64. The van der Waals surface area contributed by atoms with Crippen molar-refractivity contribution in [3.63, 3.8) is 0 Å². The Morgan fingerprint density at radius 3 is 2.60 bits per heavy atom. The molecule has 0 aromatic heterocycles. The lowest BCUT2D eigenvalue weighted by Crippen LogP contribution is -2.48. The second kappa shape index (κ2) is 6.55. The Hall–Kier alpha value is -1.84. The second-order valence-corrected chi connectivity index (χ2v) is 5.38. The van der Waals surface area contributed by atoms with Gasteiger partial charge in [0.1, 0.15) is 0 Å². The maximum absolute atomic E-state index is 12.3. The van der Waals surface area contributed by atoms with Crippen LogP contribution in [0.2, 0.25) is 0 Å². The van der Waals surface area contributed by atoms with Gasteiger partial charge < -0.3 is 10.2 Å². The highest BCUT2D eigenvalue weighted by Crippen LogP contribution is 2.20. The molecule has 1 aromatic rings. The smallest absolute Gasteiger partial charge is 0.313 e. The molecule has 1 fully saturated rings. The molecule has 0 spiro atoms. The fourth-order valence-electron chi connectivity index (χ4n) is 2.64. The van der Waals surface area contributed by atoms with Gasteiger partial charge in [-0.2, -0.15) is 0 Å². The maximum atomic E-state index is 12.3. The Morgan fingerprint density at radius 2 is 1.95 bits per heavy atom. The van der Waals surface area contributed by atoms with E-state index in [2.05, 4.69) is 12.2 Å². The number of nitrogens with zero attached hydrogens (tertiary/aromatic N) is 1. The molecule has 20 heavy (non-hydrogen) atoms. The Labute approximate surface area is 120 Å². The van der Waals surface area contributed by atoms with Crippen LogP contribution in [0.3, 0.4) is 0 Å². The lowest BCUT2D eigenvalue weighted by atomic mass is 10.00. The van der Waals surface area contributed by atoms with Crippen LogP contribution in [-0.2, 0) is 9.59 Å². The van der Waals surface area contributed by atoms with Crippen LogP contribution < -0.4 is 5.32 Å². The molecule has 1 aliphatic rings. The number of carbonyl (C=O) groups is 2. The second-order valence-electron chi connectivity index (χ2n) is 5.38. The van der Waals surface area contributed by atoms with Gasteiger partial charge >= 0.3 is 11.8 Å². The molecule has 0 aliphatic carbocycles. The molecule has 0 radical (unpaired) electrons. The highest BCUT2D eigenvalue weighted by Gasteiger charge is 2.29. The summed E-state index contributed by atoms with van der Waals surface area (Å²) in [6.07, 6.45) is 4.03. The molecular weight excluding hydrogens is 252 g/mol. The molecule has 1 aromatic carbocycles. The van der Waals surface area contributed by atoms with E-state index < -0.39 is 11.8 Å². The molecule has 4 heteroatoms. The first kappa shape index (κ1) is 14.6. The zero-order chi connectivity index (χ0) is 14.5.